The van der Waals surface area contributed by atoms with Crippen molar-refractivity contribution in [2.24, 2.45) is 0 Å². The first kappa shape index (κ1) is 12.0. The Bertz CT molecular complexity index is 716. The van der Waals surface area contributed by atoms with Crippen LogP contribution in [0.3, 0.4) is 0 Å². The van der Waals surface area contributed by atoms with Crippen LogP contribution in [0.25, 0.3) is 10.2 Å². The first-order chi connectivity index (χ1) is 9.13. The third-order valence-corrected chi connectivity index (χ3v) is 3.95. The smallest absolute Gasteiger partial charge is 0.279 e. The van der Waals surface area contributed by atoms with Crippen molar-refractivity contribution in [2.75, 3.05) is 5.73 Å². The Kier molecular flexibility index (Phi) is 2.87. The highest BCUT2D eigenvalue weighted by Gasteiger charge is 2.08. The largest absolute Gasteiger partial charge is 0.431 e. The van der Waals surface area contributed by atoms with Crippen LogP contribution in [-0.4, -0.2) is 4.98 Å². The number of ether oxygens (including phenoxy) is 1. The summed E-state index contributed by atoms with van der Waals surface area (Å²) in [5, 5.41) is 0.646. The molecule has 0 aliphatic heterocycles. The van der Waals surface area contributed by atoms with Crippen molar-refractivity contribution in [3.05, 3.63) is 47.5 Å². The molecule has 0 saturated heterocycles. The summed E-state index contributed by atoms with van der Waals surface area (Å²) in [6.07, 6.45) is 0. The number of thiazole rings is 1. The lowest BCUT2D eigenvalue weighted by Crippen LogP contribution is -1.94. The molecule has 0 saturated carbocycles. The summed E-state index contributed by atoms with van der Waals surface area (Å²) in [5.74, 6) is 0.766. The average molecular weight is 270 g/mol. The standard InChI is InChI=1S/C15H14N2OS/c1-9-7-10(2)13(8-11(9)16)18-15-17-12-5-3-4-6-14(12)19-15/h3-8H,16H2,1-2H3. The molecule has 3 rings (SSSR count). The quantitative estimate of drug-likeness (QED) is 0.707. The number of para-hydroxylation sites is 1. The molecule has 3 nitrogen and oxygen atoms in total. The Labute approximate surface area is 115 Å². The average Bonchev–Trinajstić information content (AvgIpc) is 2.78. The molecule has 0 fully saturated rings. The number of benzene rings is 2. The van der Waals surface area contributed by atoms with Gasteiger partial charge in [0.1, 0.15) is 5.75 Å². The van der Waals surface area contributed by atoms with Crippen LogP contribution < -0.4 is 10.5 Å². The predicted octanol–water partition coefficient (Wildman–Crippen LogP) is 4.29. The minimum absolute atomic E-state index is 0.646. The van der Waals surface area contributed by atoms with Gasteiger partial charge in [0.15, 0.2) is 0 Å². The molecule has 0 aliphatic carbocycles. The maximum atomic E-state index is 5.92. The van der Waals surface area contributed by atoms with E-state index in [1.54, 1.807) is 0 Å². The van der Waals surface area contributed by atoms with Gasteiger partial charge >= 0.3 is 0 Å². The van der Waals surface area contributed by atoms with Crippen molar-refractivity contribution >= 4 is 27.2 Å². The molecule has 0 atom stereocenters. The summed E-state index contributed by atoms with van der Waals surface area (Å²) in [5.41, 5.74) is 9.74. The van der Waals surface area contributed by atoms with Gasteiger partial charge in [-0.05, 0) is 37.1 Å². The fraction of sp³-hybridized carbons (Fsp3) is 0.133. The summed E-state index contributed by atoms with van der Waals surface area (Å²) in [6.45, 7) is 4.00. The number of aryl methyl sites for hydroxylation is 2. The molecule has 2 N–H and O–H groups in total. The SMILES string of the molecule is Cc1cc(C)c(Oc2nc3ccccc3s2)cc1N. The van der Waals surface area contributed by atoms with E-state index in [1.165, 1.54) is 11.3 Å². The molecule has 0 unspecified atom stereocenters. The van der Waals surface area contributed by atoms with Crippen molar-refractivity contribution < 1.29 is 4.74 Å². The second-order valence-corrected chi connectivity index (χ2v) is 5.52. The molecule has 2 aromatic carbocycles. The third kappa shape index (κ3) is 2.27. The Hall–Kier alpha value is -2.07. The van der Waals surface area contributed by atoms with Crippen molar-refractivity contribution in [3.63, 3.8) is 0 Å². The second kappa shape index (κ2) is 4.55. The number of nitrogen functional groups attached to an aromatic ring is 1. The molecular weight excluding hydrogens is 256 g/mol. The Morgan fingerprint density at radius 2 is 1.89 bits per heavy atom. The lowest BCUT2D eigenvalue weighted by atomic mass is 10.1. The van der Waals surface area contributed by atoms with Gasteiger partial charge in [-0.15, -0.1) is 0 Å². The highest BCUT2D eigenvalue weighted by molar-refractivity contribution is 7.20. The molecule has 3 aromatic rings. The monoisotopic (exact) mass is 270 g/mol. The van der Waals surface area contributed by atoms with Crippen LogP contribution in [0, 0.1) is 13.8 Å². The van der Waals surface area contributed by atoms with Crippen LogP contribution in [0.15, 0.2) is 36.4 Å². The van der Waals surface area contributed by atoms with Gasteiger partial charge in [-0.25, -0.2) is 4.98 Å². The molecule has 96 valence electrons. The zero-order valence-corrected chi connectivity index (χ0v) is 11.6. The van der Waals surface area contributed by atoms with E-state index in [0.29, 0.717) is 5.19 Å². The van der Waals surface area contributed by atoms with E-state index >= 15 is 0 Å². The molecule has 0 radical (unpaired) electrons. The summed E-state index contributed by atoms with van der Waals surface area (Å²) < 4.78 is 6.98. The van der Waals surface area contributed by atoms with Crippen LogP contribution in [0.1, 0.15) is 11.1 Å². The maximum absolute atomic E-state index is 5.92. The van der Waals surface area contributed by atoms with Crippen LogP contribution >= 0.6 is 11.3 Å². The second-order valence-electron chi connectivity index (χ2n) is 4.52. The normalized spacial score (nSPS) is 10.8. The summed E-state index contributed by atoms with van der Waals surface area (Å²) in [6, 6.07) is 11.9. The molecule has 0 bridgehead atoms. The van der Waals surface area contributed by atoms with E-state index in [4.69, 9.17) is 10.5 Å². The minimum Gasteiger partial charge on any atom is -0.431 e. The van der Waals surface area contributed by atoms with Gasteiger partial charge in [0.25, 0.3) is 5.19 Å². The molecular formula is C15H14N2OS. The van der Waals surface area contributed by atoms with Crippen molar-refractivity contribution in [1.82, 2.24) is 4.98 Å². The molecule has 1 heterocycles. The Morgan fingerprint density at radius 1 is 1.11 bits per heavy atom. The third-order valence-electron chi connectivity index (χ3n) is 3.04. The van der Waals surface area contributed by atoms with Crippen molar-refractivity contribution in [1.29, 1.82) is 0 Å². The molecule has 1 aromatic heterocycles. The van der Waals surface area contributed by atoms with E-state index in [1.807, 2.05) is 50.2 Å². The number of anilines is 1. The molecule has 19 heavy (non-hydrogen) atoms. The van der Waals surface area contributed by atoms with E-state index in [0.717, 1.165) is 32.8 Å². The van der Waals surface area contributed by atoms with Gasteiger partial charge in [0, 0.05) is 11.8 Å². The van der Waals surface area contributed by atoms with Crippen LogP contribution in [0.5, 0.6) is 10.9 Å². The van der Waals surface area contributed by atoms with Gasteiger partial charge in [-0.1, -0.05) is 29.5 Å². The number of hydrogen-bond acceptors (Lipinski definition) is 4. The van der Waals surface area contributed by atoms with Gasteiger partial charge in [0.05, 0.1) is 10.2 Å². The van der Waals surface area contributed by atoms with E-state index < -0.39 is 0 Å². The summed E-state index contributed by atoms with van der Waals surface area (Å²) >= 11 is 1.54. The maximum Gasteiger partial charge on any atom is 0.279 e. The first-order valence-electron chi connectivity index (χ1n) is 6.03. The van der Waals surface area contributed by atoms with E-state index in [2.05, 4.69) is 4.98 Å². The number of aromatic nitrogens is 1. The molecule has 0 spiro atoms. The molecule has 0 amide bonds. The topological polar surface area (TPSA) is 48.1 Å². The van der Waals surface area contributed by atoms with E-state index in [9.17, 15) is 0 Å². The minimum atomic E-state index is 0.646. The zero-order chi connectivity index (χ0) is 13.4. The van der Waals surface area contributed by atoms with Gasteiger partial charge in [-0.3, -0.25) is 0 Å². The fourth-order valence-electron chi connectivity index (χ4n) is 1.95. The van der Waals surface area contributed by atoms with Crippen LogP contribution in [0.2, 0.25) is 0 Å². The predicted molar refractivity (Wildman–Crippen MR) is 80.0 cm³/mol. The number of nitrogens with zero attached hydrogens (tertiary/aromatic N) is 1. The Morgan fingerprint density at radius 3 is 2.68 bits per heavy atom. The summed E-state index contributed by atoms with van der Waals surface area (Å²) in [7, 11) is 0. The number of rotatable bonds is 2. The van der Waals surface area contributed by atoms with Crippen LogP contribution in [0.4, 0.5) is 5.69 Å². The first-order valence-corrected chi connectivity index (χ1v) is 6.85. The summed E-state index contributed by atoms with van der Waals surface area (Å²) in [4.78, 5) is 4.46. The van der Waals surface area contributed by atoms with Crippen molar-refractivity contribution in [3.8, 4) is 10.9 Å². The van der Waals surface area contributed by atoms with Gasteiger partial charge in [-0.2, -0.15) is 0 Å². The number of nitrogens with two attached hydrogens (primary N) is 1. The molecule has 0 aliphatic rings. The highest BCUT2D eigenvalue weighted by atomic mass is 32.1. The molecule has 4 heteroatoms. The lowest BCUT2D eigenvalue weighted by molar-refractivity contribution is 0.476. The van der Waals surface area contributed by atoms with Gasteiger partial charge in [0.2, 0.25) is 0 Å². The van der Waals surface area contributed by atoms with Crippen LogP contribution in [-0.2, 0) is 0 Å². The Balaban J connectivity index is 1.98. The van der Waals surface area contributed by atoms with E-state index in [-0.39, 0.29) is 0 Å². The zero-order valence-electron chi connectivity index (χ0n) is 10.8. The fourth-order valence-corrected chi connectivity index (χ4v) is 2.78. The van der Waals surface area contributed by atoms with Crippen molar-refractivity contribution in [2.45, 2.75) is 13.8 Å². The number of hydrogen-bond donors (Lipinski definition) is 1. The van der Waals surface area contributed by atoms with Gasteiger partial charge < -0.3 is 10.5 Å². The number of fused-ring (bicyclic) bond motifs is 1. The highest BCUT2D eigenvalue weighted by Crippen LogP contribution is 2.34. The lowest BCUT2D eigenvalue weighted by Gasteiger charge is -2.08.